The summed E-state index contributed by atoms with van der Waals surface area (Å²) in [6.45, 7) is 2.51. The fourth-order valence-electron chi connectivity index (χ4n) is 1.53. The highest BCUT2D eigenvalue weighted by Crippen LogP contribution is 1.98. The van der Waals surface area contributed by atoms with Crippen molar-refractivity contribution < 1.29 is 14.7 Å². The van der Waals surface area contributed by atoms with Crippen LogP contribution in [0.1, 0.15) is 23.7 Å². The molecule has 0 fully saturated rings. The van der Waals surface area contributed by atoms with E-state index in [1.807, 2.05) is 13.0 Å². The summed E-state index contributed by atoms with van der Waals surface area (Å²) in [5.41, 5.74) is 0.531. The van der Waals surface area contributed by atoms with Gasteiger partial charge in [-0.2, -0.15) is 0 Å². The number of nitrogens with one attached hydrogen (secondary N) is 2. The summed E-state index contributed by atoms with van der Waals surface area (Å²) in [6.07, 6.45) is 0.649. The van der Waals surface area contributed by atoms with Crippen LogP contribution in [0.4, 0.5) is 0 Å². The molecule has 3 N–H and O–H groups in total. The average molecular weight is 264 g/mol. The Morgan fingerprint density at radius 3 is 2.53 bits per heavy atom. The van der Waals surface area contributed by atoms with Crippen molar-refractivity contribution in [3.05, 3.63) is 35.9 Å². The summed E-state index contributed by atoms with van der Waals surface area (Å²) >= 11 is 0. The standard InChI is InChI=1S/C14H20N2O3/c1-11(7-8-17)9-15-13(18)10-16-14(19)12-5-3-2-4-6-12/h2-6,11,17H,7-10H2,1H3,(H,15,18)(H,16,19). The number of aliphatic hydroxyl groups excluding tert-OH is 1. The van der Waals surface area contributed by atoms with Gasteiger partial charge in [-0.05, 0) is 24.5 Å². The minimum atomic E-state index is -0.265. The number of amides is 2. The monoisotopic (exact) mass is 264 g/mol. The highest BCUT2D eigenvalue weighted by Gasteiger charge is 2.08. The van der Waals surface area contributed by atoms with E-state index in [0.717, 1.165) is 0 Å². The van der Waals surface area contributed by atoms with Gasteiger partial charge in [-0.15, -0.1) is 0 Å². The van der Waals surface area contributed by atoms with Gasteiger partial charge in [-0.1, -0.05) is 25.1 Å². The van der Waals surface area contributed by atoms with Gasteiger partial charge < -0.3 is 15.7 Å². The van der Waals surface area contributed by atoms with Gasteiger partial charge in [0.1, 0.15) is 0 Å². The van der Waals surface area contributed by atoms with Crippen LogP contribution in [0, 0.1) is 5.92 Å². The second-order valence-electron chi connectivity index (χ2n) is 4.47. The molecule has 1 unspecified atom stereocenters. The average Bonchev–Trinajstić information content (AvgIpc) is 2.44. The molecule has 0 radical (unpaired) electrons. The van der Waals surface area contributed by atoms with Crippen molar-refractivity contribution in [2.24, 2.45) is 5.92 Å². The van der Waals surface area contributed by atoms with Gasteiger partial charge in [-0.25, -0.2) is 0 Å². The Bertz CT molecular complexity index is 406. The van der Waals surface area contributed by atoms with E-state index in [4.69, 9.17) is 5.11 Å². The first kappa shape index (κ1) is 15.2. The number of aliphatic hydroxyl groups is 1. The van der Waals surface area contributed by atoms with Crippen LogP contribution in [0.2, 0.25) is 0 Å². The van der Waals surface area contributed by atoms with Crippen LogP contribution in [0.3, 0.4) is 0 Å². The summed E-state index contributed by atoms with van der Waals surface area (Å²) in [5, 5.41) is 14.0. The van der Waals surface area contributed by atoms with E-state index in [9.17, 15) is 9.59 Å². The van der Waals surface area contributed by atoms with E-state index >= 15 is 0 Å². The molecule has 0 saturated heterocycles. The third-order valence-corrected chi connectivity index (χ3v) is 2.72. The lowest BCUT2D eigenvalue weighted by molar-refractivity contribution is -0.120. The smallest absolute Gasteiger partial charge is 0.251 e. The molecule has 19 heavy (non-hydrogen) atoms. The first-order valence-electron chi connectivity index (χ1n) is 6.34. The minimum Gasteiger partial charge on any atom is -0.396 e. The second-order valence-corrected chi connectivity index (χ2v) is 4.47. The predicted octanol–water partition coefficient (Wildman–Crippen LogP) is 0.551. The molecule has 1 aromatic rings. The quantitative estimate of drug-likeness (QED) is 0.673. The molecule has 0 aliphatic rings. The lowest BCUT2D eigenvalue weighted by Gasteiger charge is -2.11. The maximum absolute atomic E-state index is 11.7. The molecule has 1 aromatic carbocycles. The maximum atomic E-state index is 11.7. The zero-order chi connectivity index (χ0) is 14.1. The van der Waals surface area contributed by atoms with E-state index < -0.39 is 0 Å². The molecular weight excluding hydrogens is 244 g/mol. The number of rotatable bonds is 7. The summed E-state index contributed by atoms with van der Waals surface area (Å²) in [4.78, 5) is 23.2. The lowest BCUT2D eigenvalue weighted by atomic mass is 10.1. The van der Waals surface area contributed by atoms with Gasteiger partial charge in [0.25, 0.3) is 5.91 Å². The SMILES string of the molecule is CC(CCO)CNC(=O)CNC(=O)c1ccccc1. The van der Waals surface area contributed by atoms with Crippen molar-refractivity contribution in [2.45, 2.75) is 13.3 Å². The van der Waals surface area contributed by atoms with Crippen LogP contribution >= 0.6 is 0 Å². The summed E-state index contributed by atoms with van der Waals surface area (Å²) < 4.78 is 0. The van der Waals surface area contributed by atoms with Crippen LogP contribution < -0.4 is 10.6 Å². The van der Waals surface area contributed by atoms with E-state index in [1.54, 1.807) is 24.3 Å². The third kappa shape index (κ3) is 6.01. The van der Waals surface area contributed by atoms with Crippen LogP contribution in [-0.2, 0) is 4.79 Å². The van der Waals surface area contributed by atoms with Crippen LogP contribution in [0.5, 0.6) is 0 Å². The van der Waals surface area contributed by atoms with Crippen molar-refractivity contribution in [1.29, 1.82) is 0 Å². The number of carbonyl (C=O) groups is 2. The molecule has 0 aromatic heterocycles. The van der Waals surface area contributed by atoms with E-state index in [-0.39, 0.29) is 30.9 Å². The van der Waals surface area contributed by atoms with E-state index in [2.05, 4.69) is 10.6 Å². The van der Waals surface area contributed by atoms with Crippen molar-refractivity contribution >= 4 is 11.8 Å². The van der Waals surface area contributed by atoms with Gasteiger partial charge >= 0.3 is 0 Å². The Morgan fingerprint density at radius 2 is 1.89 bits per heavy atom. The predicted molar refractivity (Wildman–Crippen MR) is 72.7 cm³/mol. The highest BCUT2D eigenvalue weighted by atomic mass is 16.3. The van der Waals surface area contributed by atoms with E-state index in [1.165, 1.54) is 0 Å². The molecule has 104 valence electrons. The fraction of sp³-hybridized carbons (Fsp3) is 0.429. The third-order valence-electron chi connectivity index (χ3n) is 2.72. The Labute approximate surface area is 113 Å². The zero-order valence-electron chi connectivity index (χ0n) is 11.1. The summed E-state index contributed by atoms with van der Waals surface area (Å²) in [5.74, 6) is -0.271. The molecule has 1 atom stereocenters. The van der Waals surface area contributed by atoms with Crippen molar-refractivity contribution in [3.63, 3.8) is 0 Å². The number of hydrogen-bond donors (Lipinski definition) is 3. The highest BCUT2D eigenvalue weighted by molar-refractivity contribution is 5.96. The van der Waals surface area contributed by atoms with Gasteiger partial charge in [0.15, 0.2) is 0 Å². The number of hydrogen-bond acceptors (Lipinski definition) is 3. The Hall–Kier alpha value is -1.88. The lowest BCUT2D eigenvalue weighted by Crippen LogP contribution is -2.38. The second kappa shape index (κ2) is 8.26. The fourth-order valence-corrected chi connectivity index (χ4v) is 1.53. The zero-order valence-corrected chi connectivity index (χ0v) is 11.1. The molecule has 0 bridgehead atoms. The molecule has 0 aliphatic carbocycles. The molecule has 0 aliphatic heterocycles. The first-order chi connectivity index (χ1) is 9.13. The van der Waals surface area contributed by atoms with Crippen LogP contribution in [-0.4, -0.2) is 36.6 Å². The molecule has 2 amide bonds. The Balaban J connectivity index is 2.25. The Morgan fingerprint density at radius 1 is 1.21 bits per heavy atom. The largest absolute Gasteiger partial charge is 0.396 e. The topological polar surface area (TPSA) is 78.4 Å². The molecule has 0 heterocycles. The molecule has 1 rings (SSSR count). The first-order valence-corrected chi connectivity index (χ1v) is 6.34. The molecule has 0 saturated carbocycles. The summed E-state index contributed by atoms with van der Waals surface area (Å²) in [7, 11) is 0. The Kier molecular flexibility index (Phi) is 6.60. The molecule has 5 heteroatoms. The number of benzene rings is 1. The van der Waals surface area contributed by atoms with Crippen LogP contribution in [0.25, 0.3) is 0 Å². The molecular formula is C14H20N2O3. The van der Waals surface area contributed by atoms with Gasteiger partial charge in [-0.3, -0.25) is 9.59 Å². The van der Waals surface area contributed by atoms with Crippen molar-refractivity contribution in [1.82, 2.24) is 10.6 Å². The summed E-state index contributed by atoms with van der Waals surface area (Å²) in [6, 6.07) is 8.75. The minimum absolute atomic E-state index is 0.0421. The normalized spacial score (nSPS) is 11.7. The van der Waals surface area contributed by atoms with Gasteiger partial charge in [0, 0.05) is 18.7 Å². The van der Waals surface area contributed by atoms with Gasteiger partial charge in [0.2, 0.25) is 5.91 Å². The van der Waals surface area contributed by atoms with Gasteiger partial charge in [0.05, 0.1) is 6.54 Å². The van der Waals surface area contributed by atoms with E-state index in [0.29, 0.717) is 18.5 Å². The maximum Gasteiger partial charge on any atom is 0.251 e. The van der Waals surface area contributed by atoms with Crippen molar-refractivity contribution in [2.75, 3.05) is 19.7 Å². The van der Waals surface area contributed by atoms with Crippen LogP contribution in [0.15, 0.2) is 30.3 Å². The van der Waals surface area contributed by atoms with Crippen molar-refractivity contribution in [3.8, 4) is 0 Å². The molecule has 0 spiro atoms. The molecule has 5 nitrogen and oxygen atoms in total. The number of carbonyl (C=O) groups excluding carboxylic acids is 2.